The smallest absolute Gasteiger partial charge is 0.274 e. The van der Waals surface area contributed by atoms with Gasteiger partial charge in [0.05, 0.1) is 0 Å². The van der Waals surface area contributed by atoms with Crippen molar-refractivity contribution in [3.8, 4) is 0 Å². The number of H-pyrrole nitrogens is 1. The molecule has 3 N–H and O–H groups in total. The molecule has 2 aromatic heterocycles. The van der Waals surface area contributed by atoms with E-state index in [2.05, 4.69) is 37.7 Å². The van der Waals surface area contributed by atoms with E-state index >= 15 is 0 Å². The van der Waals surface area contributed by atoms with E-state index in [9.17, 15) is 4.79 Å². The van der Waals surface area contributed by atoms with Gasteiger partial charge >= 0.3 is 0 Å². The van der Waals surface area contributed by atoms with Gasteiger partial charge in [0.15, 0.2) is 0 Å². The van der Waals surface area contributed by atoms with Gasteiger partial charge in [-0.05, 0) is 36.2 Å². The van der Waals surface area contributed by atoms with Crippen LogP contribution in [0.15, 0.2) is 67.1 Å². The number of anilines is 2. The van der Waals surface area contributed by atoms with Crippen LogP contribution < -0.4 is 10.6 Å². The highest BCUT2D eigenvalue weighted by molar-refractivity contribution is 6.30. The van der Waals surface area contributed by atoms with Crippen molar-refractivity contribution in [3.63, 3.8) is 0 Å². The minimum atomic E-state index is -0.315. The maximum atomic E-state index is 12.4. The van der Waals surface area contributed by atoms with Gasteiger partial charge in [-0.15, -0.1) is 0 Å². The van der Waals surface area contributed by atoms with Crippen LogP contribution in [0.1, 0.15) is 16.1 Å². The second-order valence-electron chi connectivity index (χ2n) is 6.29. The van der Waals surface area contributed by atoms with Crippen LogP contribution in [0.5, 0.6) is 0 Å². The second kappa shape index (κ2) is 8.10. The van der Waals surface area contributed by atoms with Crippen molar-refractivity contribution in [3.05, 3.63) is 83.4 Å². The summed E-state index contributed by atoms with van der Waals surface area (Å²) in [5.41, 5.74) is 3.25. The molecule has 0 bridgehead atoms. The summed E-state index contributed by atoms with van der Waals surface area (Å²) in [6.45, 7) is 0.689. The number of para-hydroxylation sites is 1. The maximum absolute atomic E-state index is 12.4. The summed E-state index contributed by atoms with van der Waals surface area (Å²) in [6, 6.07) is 16.8. The van der Waals surface area contributed by atoms with Gasteiger partial charge in [-0.3, -0.25) is 4.79 Å². The zero-order valence-electron chi connectivity index (χ0n) is 14.9. The summed E-state index contributed by atoms with van der Waals surface area (Å²) < 4.78 is 0. The molecule has 1 amide bonds. The largest absolute Gasteiger partial charge is 0.370 e. The number of rotatable bonds is 6. The maximum Gasteiger partial charge on any atom is 0.274 e. The Morgan fingerprint density at radius 3 is 2.86 bits per heavy atom. The highest BCUT2D eigenvalue weighted by Gasteiger charge is 2.10. The molecule has 0 fully saturated rings. The number of aromatic amines is 1. The van der Waals surface area contributed by atoms with Crippen LogP contribution in [-0.4, -0.2) is 27.4 Å². The van der Waals surface area contributed by atoms with Crippen molar-refractivity contribution in [1.29, 1.82) is 0 Å². The van der Waals surface area contributed by atoms with Crippen molar-refractivity contribution in [2.45, 2.75) is 6.42 Å². The number of nitrogens with zero attached hydrogens (tertiary/aromatic N) is 2. The van der Waals surface area contributed by atoms with E-state index in [0.717, 1.165) is 11.9 Å². The van der Waals surface area contributed by atoms with E-state index in [1.54, 1.807) is 30.3 Å². The molecule has 0 unspecified atom stereocenters. The average Bonchev–Trinajstić information content (AvgIpc) is 3.11. The number of nitrogens with one attached hydrogen (secondary N) is 3. The standard InChI is InChI=1S/C21H18ClN5O/c22-15-4-3-5-16(10-15)27-21(28)19-11-20(26-13-25-19)23-9-8-14-12-24-18-7-2-1-6-17(14)18/h1-7,10-13,24H,8-9H2,(H,27,28)(H,23,25,26). The van der Waals surface area contributed by atoms with Crippen molar-refractivity contribution < 1.29 is 4.79 Å². The van der Waals surface area contributed by atoms with Gasteiger partial charge in [-0.25, -0.2) is 9.97 Å². The van der Waals surface area contributed by atoms with Gasteiger partial charge in [0, 0.05) is 40.4 Å². The molecule has 7 heteroatoms. The van der Waals surface area contributed by atoms with Crippen LogP contribution in [0.2, 0.25) is 5.02 Å². The van der Waals surface area contributed by atoms with Gasteiger partial charge in [-0.2, -0.15) is 0 Å². The fraction of sp³-hybridized carbons (Fsp3) is 0.0952. The van der Waals surface area contributed by atoms with Crippen molar-refractivity contribution in [2.75, 3.05) is 17.2 Å². The van der Waals surface area contributed by atoms with Crippen molar-refractivity contribution in [2.24, 2.45) is 0 Å². The molecule has 0 spiro atoms. The lowest BCUT2D eigenvalue weighted by atomic mass is 10.1. The molecule has 0 aliphatic carbocycles. The van der Waals surface area contributed by atoms with Gasteiger partial charge < -0.3 is 15.6 Å². The summed E-state index contributed by atoms with van der Waals surface area (Å²) in [7, 11) is 0. The minimum Gasteiger partial charge on any atom is -0.370 e. The quantitative estimate of drug-likeness (QED) is 0.451. The van der Waals surface area contributed by atoms with Crippen LogP contribution in [0.25, 0.3) is 10.9 Å². The topological polar surface area (TPSA) is 82.7 Å². The molecule has 0 saturated heterocycles. The Hall–Kier alpha value is -3.38. The van der Waals surface area contributed by atoms with Crippen LogP contribution >= 0.6 is 11.6 Å². The number of hydrogen-bond donors (Lipinski definition) is 3. The normalized spacial score (nSPS) is 10.8. The van der Waals surface area contributed by atoms with E-state index in [-0.39, 0.29) is 11.6 Å². The third kappa shape index (κ3) is 4.13. The fourth-order valence-electron chi connectivity index (χ4n) is 3.00. The van der Waals surface area contributed by atoms with Crippen LogP contribution in [-0.2, 0) is 6.42 Å². The molecule has 4 aromatic rings. The number of halogens is 1. The Kier molecular flexibility index (Phi) is 5.21. The summed E-state index contributed by atoms with van der Waals surface area (Å²) >= 11 is 5.95. The SMILES string of the molecule is O=C(Nc1cccc(Cl)c1)c1cc(NCCc2c[nH]c3ccccc23)ncn1. The Bertz CT molecular complexity index is 1120. The molecular formula is C21H18ClN5O. The number of amides is 1. The molecule has 0 atom stereocenters. The third-order valence-electron chi connectivity index (χ3n) is 4.36. The zero-order chi connectivity index (χ0) is 19.3. The first-order chi connectivity index (χ1) is 13.7. The number of carbonyl (C=O) groups is 1. The number of aromatic nitrogens is 3. The monoisotopic (exact) mass is 391 g/mol. The highest BCUT2D eigenvalue weighted by atomic mass is 35.5. The Balaban J connectivity index is 1.39. The van der Waals surface area contributed by atoms with Gasteiger partial charge in [-0.1, -0.05) is 35.9 Å². The summed E-state index contributed by atoms with van der Waals surface area (Å²) in [4.78, 5) is 23.9. The molecule has 4 rings (SSSR count). The van der Waals surface area contributed by atoms with E-state index in [0.29, 0.717) is 23.1 Å². The molecule has 0 radical (unpaired) electrons. The number of fused-ring (bicyclic) bond motifs is 1. The van der Waals surface area contributed by atoms with Gasteiger partial charge in [0.1, 0.15) is 17.8 Å². The van der Waals surface area contributed by atoms with Gasteiger partial charge in [0.2, 0.25) is 0 Å². The molecular weight excluding hydrogens is 374 g/mol. The first kappa shape index (κ1) is 18.0. The predicted octanol–water partition coefficient (Wildman–Crippen LogP) is 4.52. The minimum absolute atomic E-state index is 0.282. The Labute approximate surface area is 167 Å². The fourth-order valence-corrected chi connectivity index (χ4v) is 3.19. The third-order valence-corrected chi connectivity index (χ3v) is 4.59. The summed E-state index contributed by atoms with van der Waals surface area (Å²) in [5, 5.41) is 7.80. The molecule has 0 aliphatic heterocycles. The van der Waals surface area contributed by atoms with Crippen molar-refractivity contribution in [1.82, 2.24) is 15.0 Å². The van der Waals surface area contributed by atoms with Crippen LogP contribution in [0.4, 0.5) is 11.5 Å². The van der Waals surface area contributed by atoms with E-state index < -0.39 is 0 Å². The molecule has 28 heavy (non-hydrogen) atoms. The number of carbonyl (C=O) groups excluding carboxylic acids is 1. The molecule has 0 saturated carbocycles. The summed E-state index contributed by atoms with van der Waals surface area (Å²) in [6.07, 6.45) is 4.23. The van der Waals surface area contributed by atoms with Gasteiger partial charge in [0.25, 0.3) is 5.91 Å². The zero-order valence-corrected chi connectivity index (χ0v) is 15.7. The molecule has 2 heterocycles. The molecule has 6 nitrogen and oxygen atoms in total. The van der Waals surface area contributed by atoms with E-state index in [4.69, 9.17) is 11.6 Å². The second-order valence-corrected chi connectivity index (χ2v) is 6.73. The lowest BCUT2D eigenvalue weighted by molar-refractivity contribution is 0.102. The van der Waals surface area contributed by atoms with E-state index in [1.165, 1.54) is 17.3 Å². The first-order valence-corrected chi connectivity index (χ1v) is 9.25. The molecule has 140 valence electrons. The highest BCUT2D eigenvalue weighted by Crippen LogP contribution is 2.18. The van der Waals surface area contributed by atoms with Crippen molar-refractivity contribution >= 4 is 39.9 Å². The average molecular weight is 392 g/mol. The Morgan fingerprint density at radius 1 is 1.07 bits per heavy atom. The predicted molar refractivity (Wildman–Crippen MR) is 112 cm³/mol. The molecule has 2 aromatic carbocycles. The van der Waals surface area contributed by atoms with Crippen LogP contribution in [0.3, 0.4) is 0 Å². The summed E-state index contributed by atoms with van der Waals surface area (Å²) in [5.74, 6) is 0.287. The first-order valence-electron chi connectivity index (χ1n) is 8.87. The molecule has 0 aliphatic rings. The lowest BCUT2D eigenvalue weighted by Gasteiger charge is -2.08. The van der Waals surface area contributed by atoms with E-state index in [1.807, 2.05) is 18.3 Å². The lowest BCUT2D eigenvalue weighted by Crippen LogP contribution is -2.15. The number of benzene rings is 2. The Morgan fingerprint density at radius 2 is 1.96 bits per heavy atom. The van der Waals surface area contributed by atoms with Crippen LogP contribution in [0, 0.1) is 0 Å². The number of hydrogen-bond acceptors (Lipinski definition) is 4.